The Labute approximate surface area is 182 Å². The maximum Gasteiger partial charge on any atom is 0.342 e. The Morgan fingerprint density at radius 1 is 1.00 bits per heavy atom. The van der Waals surface area contributed by atoms with E-state index in [-0.39, 0.29) is 24.3 Å². The monoisotopic (exact) mass is 443 g/mol. The zero-order valence-corrected chi connectivity index (χ0v) is 18.5. The van der Waals surface area contributed by atoms with Crippen LogP contribution in [-0.2, 0) is 16.5 Å². The van der Waals surface area contributed by atoms with Gasteiger partial charge in [-0.05, 0) is 37.4 Å². The summed E-state index contributed by atoms with van der Waals surface area (Å²) < 4.78 is 12.3. The number of aromatic nitrogens is 1. The molecule has 3 aromatic heterocycles. The van der Waals surface area contributed by atoms with E-state index >= 15 is 0 Å². The van der Waals surface area contributed by atoms with Crippen molar-refractivity contribution < 1.29 is 19.1 Å². The Balaban J connectivity index is 2.12. The third kappa shape index (κ3) is 4.92. The quantitative estimate of drug-likeness (QED) is 0.362. The molecular formula is C21H21N3O4S2. The van der Waals surface area contributed by atoms with E-state index in [9.17, 15) is 9.59 Å². The summed E-state index contributed by atoms with van der Waals surface area (Å²) >= 11 is 2.66. The zero-order chi connectivity index (χ0) is 21.5. The molecule has 156 valence electrons. The average molecular weight is 444 g/mol. The summed E-state index contributed by atoms with van der Waals surface area (Å²) in [5, 5.41) is 2.63. The van der Waals surface area contributed by atoms with Crippen molar-refractivity contribution in [2.24, 2.45) is 17.0 Å². The second-order valence-electron chi connectivity index (χ2n) is 5.98. The summed E-state index contributed by atoms with van der Waals surface area (Å²) in [7, 11) is 1.89. The molecule has 0 bridgehead atoms. The van der Waals surface area contributed by atoms with Gasteiger partial charge in [-0.15, -0.1) is 11.3 Å². The molecule has 7 nitrogen and oxygen atoms in total. The van der Waals surface area contributed by atoms with Crippen LogP contribution in [0.2, 0.25) is 0 Å². The van der Waals surface area contributed by atoms with Crippen molar-refractivity contribution in [3.05, 3.63) is 57.5 Å². The summed E-state index contributed by atoms with van der Waals surface area (Å²) in [5.41, 5.74) is 0.996. The summed E-state index contributed by atoms with van der Waals surface area (Å²) in [5.74, 6) is -1.26. The number of ether oxygens (including phenoxy) is 2. The van der Waals surface area contributed by atoms with E-state index in [1.165, 1.54) is 11.3 Å². The number of thiophene rings is 2. The number of aryl methyl sites for hydroxylation is 1. The van der Waals surface area contributed by atoms with Crippen molar-refractivity contribution in [3.63, 3.8) is 0 Å². The first-order valence-electron chi connectivity index (χ1n) is 9.29. The van der Waals surface area contributed by atoms with E-state index in [1.54, 1.807) is 26.3 Å². The largest absolute Gasteiger partial charge is 0.462 e. The van der Waals surface area contributed by atoms with Crippen molar-refractivity contribution in [3.8, 4) is 0 Å². The average Bonchev–Trinajstić information content (AvgIpc) is 3.45. The van der Waals surface area contributed by atoms with Crippen molar-refractivity contribution in [2.45, 2.75) is 13.8 Å². The minimum Gasteiger partial charge on any atom is -0.462 e. The van der Waals surface area contributed by atoms with Crippen LogP contribution >= 0.6 is 22.7 Å². The number of carbonyl (C=O) groups excluding carboxylic acids is 2. The molecule has 0 aliphatic carbocycles. The summed E-state index contributed by atoms with van der Waals surface area (Å²) in [6.07, 6.45) is 5.18. The Bertz CT molecular complexity index is 1080. The van der Waals surface area contributed by atoms with Gasteiger partial charge in [-0.2, -0.15) is 0 Å². The maximum atomic E-state index is 12.7. The number of esters is 2. The molecule has 3 aromatic rings. The van der Waals surface area contributed by atoms with E-state index in [0.717, 1.165) is 21.9 Å². The molecule has 0 spiro atoms. The molecule has 9 heteroatoms. The first-order chi connectivity index (χ1) is 14.5. The minimum absolute atomic E-state index is 0.0732. The van der Waals surface area contributed by atoms with Gasteiger partial charge in [0.2, 0.25) is 0 Å². The Morgan fingerprint density at radius 2 is 1.63 bits per heavy atom. The fourth-order valence-corrected chi connectivity index (χ4v) is 4.15. The molecule has 3 rings (SSSR count). The van der Waals surface area contributed by atoms with E-state index in [2.05, 4.69) is 9.98 Å². The number of rotatable bonds is 8. The van der Waals surface area contributed by atoms with Crippen LogP contribution in [0, 0.1) is 0 Å². The van der Waals surface area contributed by atoms with Crippen LogP contribution in [0.1, 0.15) is 45.1 Å². The first kappa shape index (κ1) is 21.7. The van der Waals surface area contributed by atoms with E-state index in [4.69, 9.17) is 9.47 Å². The minimum atomic E-state index is -0.631. The predicted octanol–water partition coefficient (Wildman–Crippen LogP) is 5.00. The lowest BCUT2D eigenvalue weighted by Gasteiger charge is -2.05. The number of hydrogen-bond donors (Lipinski definition) is 0. The van der Waals surface area contributed by atoms with Crippen molar-refractivity contribution >= 4 is 57.0 Å². The Kier molecular flexibility index (Phi) is 7.31. The number of nitrogens with zero attached hydrogens (tertiary/aromatic N) is 3. The molecule has 0 aliphatic heterocycles. The van der Waals surface area contributed by atoms with Crippen LogP contribution in [0.4, 0.5) is 10.0 Å². The van der Waals surface area contributed by atoms with Crippen LogP contribution in [0.5, 0.6) is 0 Å². The van der Waals surface area contributed by atoms with Crippen LogP contribution in [0.15, 0.2) is 45.8 Å². The Hall–Kier alpha value is -3.04. The molecule has 0 unspecified atom stereocenters. The van der Waals surface area contributed by atoms with Gasteiger partial charge in [-0.25, -0.2) is 19.6 Å². The molecule has 3 heterocycles. The van der Waals surface area contributed by atoms with Crippen molar-refractivity contribution in [2.75, 3.05) is 13.2 Å². The van der Waals surface area contributed by atoms with Gasteiger partial charge in [0.1, 0.15) is 21.1 Å². The van der Waals surface area contributed by atoms with Crippen LogP contribution in [0.3, 0.4) is 0 Å². The maximum absolute atomic E-state index is 12.7. The van der Waals surface area contributed by atoms with Gasteiger partial charge < -0.3 is 14.0 Å². The number of hydrogen-bond acceptors (Lipinski definition) is 8. The normalized spacial score (nSPS) is 11.4. The molecule has 0 radical (unpaired) electrons. The smallest absolute Gasteiger partial charge is 0.342 e. The van der Waals surface area contributed by atoms with Gasteiger partial charge in [0.05, 0.1) is 25.1 Å². The Morgan fingerprint density at radius 3 is 2.13 bits per heavy atom. The summed E-state index contributed by atoms with van der Waals surface area (Å²) in [6.45, 7) is 3.76. The highest BCUT2D eigenvalue weighted by Crippen LogP contribution is 2.42. The predicted molar refractivity (Wildman–Crippen MR) is 120 cm³/mol. The fourth-order valence-electron chi connectivity index (χ4n) is 2.59. The molecule has 0 amide bonds. The third-order valence-corrected chi connectivity index (χ3v) is 5.79. The lowest BCUT2D eigenvalue weighted by molar-refractivity contribution is 0.0481. The molecule has 30 heavy (non-hydrogen) atoms. The highest BCUT2D eigenvalue weighted by atomic mass is 32.1. The molecule has 0 saturated carbocycles. The lowest BCUT2D eigenvalue weighted by atomic mass is 10.1. The zero-order valence-electron chi connectivity index (χ0n) is 16.8. The lowest BCUT2D eigenvalue weighted by Crippen LogP contribution is -2.12. The molecule has 0 saturated heterocycles. The first-order valence-corrected chi connectivity index (χ1v) is 11.0. The number of carbonyl (C=O) groups is 2. The highest BCUT2D eigenvalue weighted by Gasteiger charge is 2.30. The molecule has 0 aromatic carbocycles. The molecule has 0 fully saturated rings. The van der Waals surface area contributed by atoms with Gasteiger partial charge in [-0.1, -0.05) is 17.4 Å². The number of aliphatic imine (C=N–C) groups is 2. The standard InChI is InChI=1S/C21H21N3O4S2/c1-4-27-20(25)16-17(21(26)28-5-2)19(23-13-15-9-7-11-29-15)30-18(16)22-12-14-8-6-10-24(14)3/h6-13H,4-5H2,1-3H3/b22-12+,23-13+. The van der Waals surface area contributed by atoms with Crippen molar-refractivity contribution in [1.82, 2.24) is 4.57 Å². The summed E-state index contributed by atoms with van der Waals surface area (Å²) in [4.78, 5) is 35.3. The van der Waals surface area contributed by atoms with E-state index in [1.807, 2.05) is 47.5 Å². The van der Waals surface area contributed by atoms with Crippen LogP contribution in [0.25, 0.3) is 0 Å². The fraction of sp³-hybridized carbons (Fsp3) is 0.238. The van der Waals surface area contributed by atoms with Crippen molar-refractivity contribution in [1.29, 1.82) is 0 Å². The third-order valence-electron chi connectivity index (χ3n) is 3.98. The second-order valence-corrected chi connectivity index (χ2v) is 7.94. The van der Waals surface area contributed by atoms with Gasteiger partial charge in [0.15, 0.2) is 0 Å². The van der Waals surface area contributed by atoms with Gasteiger partial charge >= 0.3 is 11.9 Å². The van der Waals surface area contributed by atoms with Crippen LogP contribution in [-0.4, -0.2) is 42.1 Å². The second kappa shape index (κ2) is 10.1. The van der Waals surface area contributed by atoms with E-state index in [0.29, 0.717) is 10.0 Å². The van der Waals surface area contributed by atoms with E-state index < -0.39 is 11.9 Å². The summed E-state index contributed by atoms with van der Waals surface area (Å²) in [6, 6.07) is 7.60. The topological polar surface area (TPSA) is 82.2 Å². The SMILES string of the molecule is CCOC(=O)c1c(/N=C/c2cccs2)sc(/N=C/c2cccn2C)c1C(=O)OCC. The van der Waals surface area contributed by atoms with Gasteiger partial charge in [0.25, 0.3) is 0 Å². The molecule has 0 atom stereocenters. The molecule has 0 N–H and O–H groups in total. The molecule has 0 aliphatic rings. The molecular weight excluding hydrogens is 422 g/mol. The highest BCUT2D eigenvalue weighted by molar-refractivity contribution is 7.20. The van der Waals surface area contributed by atoms with Gasteiger partial charge in [-0.3, -0.25) is 0 Å². The van der Waals surface area contributed by atoms with Crippen LogP contribution < -0.4 is 0 Å². The van der Waals surface area contributed by atoms with Gasteiger partial charge in [0, 0.05) is 24.3 Å².